The van der Waals surface area contributed by atoms with Crippen LogP contribution in [0.25, 0.3) is 0 Å². The topological polar surface area (TPSA) is 75.7 Å². The zero-order valence-corrected chi connectivity index (χ0v) is 16.1. The Kier molecular flexibility index (Phi) is 6.32. The lowest BCUT2D eigenvalue weighted by Gasteiger charge is -2.22. The van der Waals surface area contributed by atoms with E-state index in [1.165, 1.54) is 0 Å². The van der Waals surface area contributed by atoms with Crippen molar-refractivity contribution in [2.45, 2.75) is 33.4 Å². The van der Waals surface area contributed by atoms with Crippen molar-refractivity contribution in [3.8, 4) is 0 Å². The van der Waals surface area contributed by atoms with E-state index in [4.69, 9.17) is 8.83 Å². The van der Waals surface area contributed by atoms with E-state index < -0.39 is 0 Å². The molecule has 0 saturated heterocycles. The first-order valence-electron chi connectivity index (χ1n) is 9.22. The SMILES string of the molecule is Cc1cc(C(=O)N(CCC(=O)NCc2ccco2)Cc2ccccc2)c(C)o1. The van der Waals surface area contributed by atoms with Gasteiger partial charge in [-0.05, 0) is 37.6 Å². The van der Waals surface area contributed by atoms with Crippen molar-refractivity contribution in [3.05, 3.63) is 83.2 Å². The first kappa shape index (κ1) is 19.5. The van der Waals surface area contributed by atoms with E-state index in [1.807, 2.05) is 37.3 Å². The smallest absolute Gasteiger partial charge is 0.257 e. The molecule has 1 aromatic carbocycles. The summed E-state index contributed by atoms with van der Waals surface area (Å²) < 4.78 is 10.7. The van der Waals surface area contributed by atoms with E-state index in [9.17, 15) is 9.59 Å². The molecule has 0 bridgehead atoms. The first-order chi connectivity index (χ1) is 13.5. The quantitative estimate of drug-likeness (QED) is 0.644. The fourth-order valence-electron chi connectivity index (χ4n) is 2.99. The van der Waals surface area contributed by atoms with Crippen molar-refractivity contribution in [2.24, 2.45) is 0 Å². The van der Waals surface area contributed by atoms with Crippen LogP contribution in [0.5, 0.6) is 0 Å². The van der Waals surface area contributed by atoms with E-state index in [1.54, 1.807) is 36.3 Å². The zero-order valence-electron chi connectivity index (χ0n) is 16.1. The Bertz CT molecular complexity index is 913. The molecule has 2 aromatic heterocycles. The summed E-state index contributed by atoms with van der Waals surface area (Å²) in [6.45, 7) is 4.65. The molecule has 3 aromatic rings. The highest BCUT2D eigenvalue weighted by molar-refractivity contribution is 5.95. The molecule has 0 aliphatic carbocycles. The van der Waals surface area contributed by atoms with Gasteiger partial charge in [0.15, 0.2) is 0 Å². The lowest BCUT2D eigenvalue weighted by atomic mass is 10.1. The highest BCUT2D eigenvalue weighted by Crippen LogP contribution is 2.18. The number of amides is 2. The summed E-state index contributed by atoms with van der Waals surface area (Å²) >= 11 is 0. The molecular formula is C22H24N2O4. The molecule has 3 rings (SSSR count). The van der Waals surface area contributed by atoms with Gasteiger partial charge in [-0.1, -0.05) is 30.3 Å². The summed E-state index contributed by atoms with van der Waals surface area (Å²) in [5, 5.41) is 2.81. The average Bonchev–Trinajstić information content (AvgIpc) is 3.32. The van der Waals surface area contributed by atoms with Crippen LogP contribution in [-0.4, -0.2) is 23.3 Å². The summed E-state index contributed by atoms with van der Waals surface area (Å²) in [5.74, 6) is 1.69. The van der Waals surface area contributed by atoms with Crippen LogP contribution in [0.4, 0.5) is 0 Å². The summed E-state index contributed by atoms with van der Waals surface area (Å²) in [6.07, 6.45) is 1.77. The molecule has 0 aliphatic rings. The minimum atomic E-state index is -0.142. The molecule has 2 amide bonds. The van der Waals surface area contributed by atoms with Crippen molar-refractivity contribution < 1.29 is 18.4 Å². The number of nitrogens with zero attached hydrogens (tertiary/aromatic N) is 1. The number of hydrogen-bond acceptors (Lipinski definition) is 4. The van der Waals surface area contributed by atoms with Crippen molar-refractivity contribution in [3.63, 3.8) is 0 Å². The largest absolute Gasteiger partial charge is 0.467 e. The molecule has 146 valence electrons. The third kappa shape index (κ3) is 5.13. The zero-order chi connectivity index (χ0) is 19.9. The van der Waals surface area contributed by atoms with Gasteiger partial charge < -0.3 is 19.1 Å². The third-order valence-electron chi connectivity index (χ3n) is 4.42. The van der Waals surface area contributed by atoms with Crippen LogP contribution in [0.1, 0.15) is 39.6 Å². The molecule has 0 unspecified atom stereocenters. The summed E-state index contributed by atoms with van der Waals surface area (Å²) in [6, 6.07) is 15.0. The van der Waals surface area contributed by atoms with Crippen LogP contribution < -0.4 is 5.32 Å². The number of carbonyl (C=O) groups excluding carboxylic acids is 2. The Morgan fingerprint density at radius 2 is 1.86 bits per heavy atom. The molecule has 0 fully saturated rings. The number of nitrogens with one attached hydrogen (secondary N) is 1. The number of rotatable bonds is 8. The van der Waals surface area contributed by atoms with Crippen molar-refractivity contribution in [1.29, 1.82) is 0 Å². The number of aryl methyl sites for hydroxylation is 2. The van der Waals surface area contributed by atoms with Gasteiger partial charge in [-0.2, -0.15) is 0 Å². The third-order valence-corrected chi connectivity index (χ3v) is 4.42. The number of benzene rings is 1. The lowest BCUT2D eigenvalue weighted by Crippen LogP contribution is -2.35. The Morgan fingerprint density at radius 1 is 1.07 bits per heavy atom. The van der Waals surface area contributed by atoms with Crippen molar-refractivity contribution in [1.82, 2.24) is 10.2 Å². The molecule has 0 aliphatic heterocycles. The monoisotopic (exact) mass is 380 g/mol. The molecule has 0 radical (unpaired) electrons. The van der Waals surface area contributed by atoms with E-state index >= 15 is 0 Å². The number of hydrogen-bond donors (Lipinski definition) is 1. The van der Waals surface area contributed by atoms with E-state index in [0.29, 0.717) is 42.5 Å². The number of furan rings is 2. The van der Waals surface area contributed by atoms with Gasteiger partial charge in [0.1, 0.15) is 17.3 Å². The van der Waals surface area contributed by atoms with Gasteiger partial charge >= 0.3 is 0 Å². The lowest BCUT2D eigenvalue weighted by molar-refractivity contribution is -0.121. The Morgan fingerprint density at radius 3 is 2.50 bits per heavy atom. The van der Waals surface area contributed by atoms with E-state index in [0.717, 1.165) is 5.56 Å². The normalized spacial score (nSPS) is 10.6. The fraction of sp³-hybridized carbons (Fsp3) is 0.273. The number of carbonyl (C=O) groups is 2. The minimum absolute atomic E-state index is 0.137. The second kappa shape index (κ2) is 9.08. The second-order valence-electron chi connectivity index (χ2n) is 6.65. The molecule has 2 heterocycles. The van der Waals surface area contributed by atoms with Gasteiger partial charge in [-0.3, -0.25) is 9.59 Å². The second-order valence-corrected chi connectivity index (χ2v) is 6.65. The van der Waals surface area contributed by atoms with Crippen LogP contribution in [0.3, 0.4) is 0 Å². The van der Waals surface area contributed by atoms with Gasteiger partial charge in [0.2, 0.25) is 5.91 Å². The molecule has 1 N–H and O–H groups in total. The molecule has 0 spiro atoms. The standard InChI is InChI=1S/C22H24N2O4/c1-16-13-20(17(2)28-16)22(26)24(15-18-7-4-3-5-8-18)11-10-21(25)23-14-19-9-6-12-27-19/h3-9,12-13H,10-11,14-15H2,1-2H3,(H,23,25). The van der Waals surface area contributed by atoms with Crippen LogP contribution in [-0.2, 0) is 17.9 Å². The summed E-state index contributed by atoms with van der Waals surface area (Å²) in [5.41, 5.74) is 1.54. The summed E-state index contributed by atoms with van der Waals surface area (Å²) in [7, 11) is 0. The van der Waals surface area contributed by atoms with Crippen LogP contribution in [0.2, 0.25) is 0 Å². The maximum Gasteiger partial charge on any atom is 0.257 e. The Labute approximate surface area is 164 Å². The molecule has 0 atom stereocenters. The summed E-state index contributed by atoms with van der Waals surface area (Å²) in [4.78, 5) is 27.0. The maximum atomic E-state index is 13.1. The Balaban J connectivity index is 1.66. The predicted molar refractivity (Wildman–Crippen MR) is 105 cm³/mol. The van der Waals surface area contributed by atoms with Gasteiger partial charge in [0.05, 0.1) is 18.4 Å². The van der Waals surface area contributed by atoms with E-state index in [2.05, 4.69) is 5.32 Å². The highest BCUT2D eigenvalue weighted by Gasteiger charge is 2.21. The molecule has 0 saturated carbocycles. The molecule has 6 nitrogen and oxygen atoms in total. The van der Waals surface area contributed by atoms with Crippen LogP contribution in [0.15, 0.2) is 63.6 Å². The highest BCUT2D eigenvalue weighted by atomic mass is 16.3. The molecule has 6 heteroatoms. The maximum absolute atomic E-state index is 13.1. The molecule has 28 heavy (non-hydrogen) atoms. The van der Waals surface area contributed by atoms with Gasteiger partial charge in [-0.15, -0.1) is 0 Å². The van der Waals surface area contributed by atoms with Gasteiger partial charge in [0, 0.05) is 19.5 Å². The molecular weight excluding hydrogens is 356 g/mol. The minimum Gasteiger partial charge on any atom is -0.467 e. The van der Waals surface area contributed by atoms with Gasteiger partial charge in [0.25, 0.3) is 5.91 Å². The predicted octanol–water partition coefficient (Wildman–Crippen LogP) is 3.84. The van der Waals surface area contributed by atoms with Crippen molar-refractivity contribution >= 4 is 11.8 Å². The first-order valence-corrected chi connectivity index (χ1v) is 9.22. The van der Waals surface area contributed by atoms with Crippen molar-refractivity contribution in [2.75, 3.05) is 6.54 Å². The van der Waals surface area contributed by atoms with Crippen LogP contribution in [0, 0.1) is 13.8 Å². The average molecular weight is 380 g/mol. The Hall–Kier alpha value is -3.28. The van der Waals surface area contributed by atoms with Crippen LogP contribution >= 0.6 is 0 Å². The van der Waals surface area contributed by atoms with E-state index in [-0.39, 0.29) is 18.2 Å². The fourth-order valence-corrected chi connectivity index (χ4v) is 2.99. The van der Waals surface area contributed by atoms with Gasteiger partial charge in [-0.25, -0.2) is 0 Å².